The third kappa shape index (κ3) is 0.742. The highest BCUT2D eigenvalue weighted by molar-refractivity contribution is 5.15. The van der Waals surface area contributed by atoms with Crippen LogP contribution in [0.1, 0.15) is 5.69 Å². The molecule has 0 amide bonds. The molecule has 46 valence electrons. The topological polar surface area (TPSA) is 54.5 Å². The monoisotopic (exact) mass is 126 g/mol. The van der Waals surface area contributed by atoms with Crippen LogP contribution in [-0.2, 0) is 7.05 Å². The van der Waals surface area contributed by atoms with E-state index in [0.717, 1.165) is 4.68 Å². The van der Waals surface area contributed by atoms with Crippen LogP contribution in [0.15, 0.2) is 0 Å². The molecular weight excluding hydrogens is 123 g/mol. The summed E-state index contributed by atoms with van der Waals surface area (Å²) in [5, 5.41) is 14.6. The number of hydrogen-bond donors (Lipinski definition) is 0. The van der Waals surface area contributed by atoms with Crippen molar-refractivity contribution in [2.24, 2.45) is 7.05 Å². The average molecular weight is 126 g/mol. The van der Waals surface area contributed by atoms with Gasteiger partial charge < -0.3 is 0 Å². The molecular formula is C4H3FN4. The molecule has 1 heterocycles. The highest BCUT2D eigenvalue weighted by Gasteiger charge is 2.06. The Morgan fingerprint density at radius 2 is 2.44 bits per heavy atom. The van der Waals surface area contributed by atoms with Crippen molar-refractivity contribution in [2.75, 3.05) is 0 Å². The second kappa shape index (κ2) is 1.82. The van der Waals surface area contributed by atoms with Gasteiger partial charge in [-0.1, -0.05) is 5.21 Å². The minimum absolute atomic E-state index is 0.266. The van der Waals surface area contributed by atoms with E-state index in [9.17, 15) is 4.39 Å². The summed E-state index contributed by atoms with van der Waals surface area (Å²) in [4.78, 5) is 0. The minimum Gasteiger partial charge on any atom is -0.221 e. The van der Waals surface area contributed by atoms with Crippen LogP contribution < -0.4 is 0 Å². The van der Waals surface area contributed by atoms with Crippen LogP contribution in [-0.4, -0.2) is 15.0 Å². The molecule has 5 heteroatoms. The molecule has 0 unspecified atom stereocenters. The van der Waals surface area contributed by atoms with Crippen molar-refractivity contribution in [3.8, 4) is 6.07 Å². The highest BCUT2D eigenvalue weighted by atomic mass is 19.1. The smallest absolute Gasteiger partial charge is 0.221 e. The molecule has 9 heavy (non-hydrogen) atoms. The SMILES string of the molecule is Cn1nnc(C#N)c1F. The van der Waals surface area contributed by atoms with E-state index in [0.29, 0.717) is 0 Å². The van der Waals surface area contributed by atoms with Crippen molar-refractivity contribution in [2.45, 2.75) is 0 Å². The Morgan fingerprint density at radius 3 is 2.67 bits per heavy atom. The summed E-state index contributed by atoms with van der Waals surface area (Å²) in [6.07, 6.45) is 0. The first-order chi connectivity index (χ1) is 4.25. The molecule has 0 aromatic carbocycles. The van der Waals surface area contributed by atoms with Crippen LogP contribution in [0.2, 0.25) is 0 Å². The quantitative estimate of drug-likeness (QED) is 0.484. The molecule has 0 N–H and O–H groups in total. The fraction of sp³-hybridized carbons (Fsp3) is 0.250. The van der Waals surface area contributed by atoms with Crippen molar-refractivity contribution in [3.63, 3.8) is 0 Å². The van der Waals surface area contributed by atoms with Crippen molar-refractivity contribution < 1.29 is 4.39 Å². The van der Waals surface area contributed by atoms with Gasteiger partial charge in [-0.2, -0.15) is 9.65 Å². The molecule has 0 saturated heterocycles. The summed E-state index contributed by atoms with van der Waals surface area (Å²) in [7, 11) is 1.38. The van der Waals surface area contributed by atoms with Crippen molar-refractivity contribution >= 4 is 0 Å². The fourth-order valence-electron chi connectivity index (χ4n) is 0.414. The molecule has 1 aromatic rings. The van der Waals surface area contributed by atoms with Gasteiger partial charge in [-0.25, -0.2) is 4.68 Å². The third-order valence-corrected chi connectivity index (χ3v) is 0.864. The van der Waals surface area contributed by atoms with Gasteiger partial charge in [0.05, 0.1) is 0 Å². The standard InChI is InChI=1S/C4H3FN4/c1-9-4(5)3(2-6)7-8-9/h1H3. The lowest BCUT2D eigenvalue weighted by Gasteiger charge is -1.81. The summed E-state index contributed by atoms with van der Waals surface area (Å²) >= 11 is 0. The molecule has 0 aliphatic rings. The normalized spacial score (nSPS) is 9.00. The van der Waals surface area contributed by atoms with Crippen LogP contribution in [0.5, 0.6) is 0 Å². The first-order valence-electron chi connectivity index (χ1n) is 2.21. The van der Waals surface area contributed by atoms with E-state index in [-0.39, 0.29) is 5.69 Å². The number of halogens is 1. The zero-order valence-corrected chi connectivity index (χ0v) is 4.67. The van der Waals surface area contributed by atoms with Gasteiger partial charge >= 0.3 is 0 Å². The minimum atomic E-state index is -0.697. The van der Waals surface area contributed by atoms with E-state index in [1.165, 1.54) is 7.05 Å². The number of aryl methyl sites for hydroxylation is 1. The van der Waals surface area contributed by atoms with Crippen LogP contribution >= 0.6 is 0 Å². The molecule has 4 nitrogen and oxygen atoms in total. The lowest BCUT2D eigenvalue weighted by Crippen LogP contribution is -1.93. The van der Waals surface area contributed by atoms with Crippen LogP contribution in [0.4, 0.5) is 4.39 Å². The molecule has 0 atom stereocenters. The molecule has 0 aliphatic heterocycles. The first kappa shape index (κ1) is 5.69. The Hall–Kier alpha value is -1.44. The van der Waals surface area contributed by atoms with Gasteiger partial charge in [0.1, 0.15) is 6.07 Å². The Balaban J connectivity index is 3.24. The van der Waals surface area contributed by atoms with E-state index in [4.69, 9.17) is 5.26 Å². The Morgan fingerprint density at radius 1 is 1.78 bits per heavy atom. The molecule has 0 radical (unpaired) electrons. The van der Waals surface area contributed by atoms with Gasteiger partial charge in [0.15, 0.2) is 0 Å². The number of hydrogen-bond acceptors (Lipinski definition) is 3. The maximum absolute atomic E-state index is 12.4. The summed E-state index contributed by atoms with van der Waals surface area (Å²) in [5.41, 5.74) is -0.266. The third-order valence-electron chi connectivity index (χ3n) is 0.864. The van der Waals surface area contributed by atoms with Crippen LogP contribution in [0.25, 0.3) is 0 Å². The molecule has 0 bridgehead atoms. The van der Waals surface area contributed by atoms with Gasteiger partial charge in [0, 0.05) is 7.05 Å². The van der Waals surface area contributed by atoms with E-state index >= 15 is 0 Å². The van der Waals surface area contributed by atoms with Crippen LogP contribution in [0.3, 0.4) is 0 Å². The number of rotatable bonds is 0. The van der Waals surface area contributed by atoms with E-state index in [1.54, 1.807) is 6.07 Å². The summed E-state index contributed by atoms with van der Waals surface area (Å²) in [6, 6.07) is 1.55. The molecule has 0 saturated carbocycles. The van der Waals surface area contributed by atoms with Gasteiger partial charge in [-0.15, -0.1) is 5.10 Å². The van der Waals surface area contributed by atoms with E-state index in [1.807, 2.05) is 0 Å². The molecule has 1 rings (SSSR count). The van der Waals surface area contributed by atoms with Crippen molar-refractivity contribution in [3.05, 3.63) is 11.6 Å². The predicted octanol–water partition coefficient (Wildman–Crippen LogP) is -0.174. The average Bonchev–Trinajstić information content (AvgIpc) is 2.15. The maximum atomic E-state index is 12.4. The largest absolute Gasteiger partial charge is 0.249 e. The lowest BCUT2D eigenvalue weighted by molar-refractivity contribution is 0.499. The second-order valence-corrected chi connectivity index (χ2v) is 1.46. The Bertz CT molecular complexity index is 258. The van der Waals surface area contributed by atoms with Gasteiger partial charge in [0.25, 0.3) is 0 Å². The molecule has 0 spiro atoms. The molecule has 0 aliphatic carbocycles. The van der Waals surface area contributed by atoms with Crippen LogP contribution in [0, 0.1) is 17.3 Å². The number of nitriles is 1. The Labute approximate surface area is 50.5 Å². The predicted molar refractivity (Wildman–Crippen MR) is 25.7 cm³/mol. The van der Waals surface area contributed by atoms with Gasteiger partial charge in [-0.05, 0) is 0 Å². The lowest BCUT2D eigenvalue weighted by atomic mass is 10.5. The van der Waals surface area contributed by atoms with E-state index < -0.39 is 5.95 Å². The fourth-order valence-corrected chi connectivity index (χ4v) is 0.414. The van der Waals surface area contributed by atoms with Gasteiger partial charge in [0.2, 0.25) is 11.6 Å². The van der Waals surface area contributed by atoms with Crippen molar-refractivity contribution in [1.82, 2.24) is 15.0 Å². The highest BCUT2D eigenvalue weighted by Crippen LogP contribution is 1.96. The molecule has 1 aromatic heterocycles. The summed E-state index contributed by atoms with van der Waals surface area (Å²) < 4.78 is 13.3. The Kier molecular flexibility index (Phi) is 1.15. The summed E-state index contributed by atoms with van der Waals surface area (Å²) in [6.45, 7) is 0. The zero-order chi connectivity index (χ0) is 6.85. The molecule has 0 fully saturated rings. The van der Waals surface area contributed by atoms with Gasteiger partial charge in [-0.3, -0.25) is 0 Å². The number of nitrogens with zero attached hydrogens (tertiary/aromatic N) is 4. The first-order valence-corrected chi connectivity index (χ1v) is 2.21. The van der Waals surface area contributed by atoms with E-state index in [2.05, 4.69) is 10.3 Å². The number of aromatic nitrogens is 3. The summed E-state index contributed by atoms with van der Waals surface area (Å²) in [5.74, 6) is -0.697. The van der Waals surface area contributed by atoms with Crippen molar-refractivity contribution in [1.29, 1.82) is 5.26 Å². The second-order valence-electron chi connectivity index (χ2n) is 1.46. The maximum Gasteiger partial charge on any atom is 0.249 e. The zero-order valence-electron chi connectivity index (χ0n) is 4.67.